The lowest BCUT2D eigenvalue weighted by molar-refractivity contribution is -0.693. The molecule has 258 valence electrons. The van der Waals surface area contributed by atoms with Crippen LogP contribution in [-0.4, -0.2) is 31.9 Å². The summed E-state index contributed by atoms with van der Waals surface area (Å²) in [6.45, 7) is 1.97. The molecule has 1 aromatic carbocycles. The van der Waals surface area contributed by atoms with E-state index in [-0.39, 0.29) is 75.0 Å². The molecular weight excluding hydrogens is 740 g/mol. The second-order valence-electron chi connectivity index (χ2n) is 10.7. The molecule has 0 bridgehead atoms. The van der Waals surface area contributed by atoms with Crippen molar-refractivity contribution in [3.63, 3.8) is 0 Å². The Morgan fingerprint density at radius 1 is 0.417 bits per heavy atom. The van der Waals surface area contributed by atoms with E-state index in [2.05, 4.69) is 82.5 Å². The molecule has 4 aromatic heterocycles. The van der Waals surface area contributed by atoms with Crippen molar-refractivity contribution in [3.8, 4) is 22.3 Å². The maximum atomic E-state index is 11.1. The highest BCUT2D eigenvalue weighted by Gasteiger charge is 2.18. The molecule has 0 aliphatic carbocycles. The minimum atomic E-state index is -4.02. The van der Waals surface area contributed by atoms with Crippen molar-refractivity contribution in [1.29, 1.82) is 0 Å². The first-order valence-electron chi connectivity index (χ1n) is 14.1. The van der Waals surface area contributed by atoms with E-state index in [1.165, 1.54) is 11.1 Å². The number of hydrogen-bond donors (Lipinski definition) is 4. The average Bonchev–Trinajstić information content (AvgIpc) is 3.01. The summed E-state index contributed by atoms with van der Waals surface area (Å²) in [6, 6.07) is 24.4. The highest BCUT2D eigenvalue weighted by molar-refractivity contribution is 7.51. The Morgan fingerprint density at radius 2 is 0.667 bits per heavy atom. The van der Waals surface area contributed by atoms with Crippen LogP contribution in [-0.2, 0) is 35.3 Å². The first kappa shape index (κ1) is 43.3. The predicted octanol–water partition coefficient (Wildman–Crippen LogP) is -9.36. The normalized spacial score (nSPS) is 10.9. The molecule has 48 heavy (non-hydrogen) atoms. The second kappa shape index (κ2) is 19.5. The van der Waals surface area contributed by atoms with Crippen LogP contribution in [0.4, 0.5) is 0 Å². The Morgan fingerprint density at radius 3 is 0.917 bits per heavy atom. The molecular formula is C32H36Cl4N4O6P2. The van der Waals surface area contributed by atoms with Crippen LogP contribution in [0.25, 0.3) is 22.3 Å². The van der Waals surface area contributed by atoms with Gasteiger partial charge in [0.1, 0.15) is 12.3 Å². The van der Waals surface area contributed by atoms with Gasteiger partial charge in [0.2, 0.25) is 0 Å². The molecule has 0 saturated heterocycles. The lowest BCUT2D eigenvalue weighted by Gasteiger charge is -2.06. The van der Waals surface area contributed by atoms with E-state index in [0.29, 0.717) is 0 Å². The highest BCUT2D eigenvalue weighted by Crippen LogP contribution is 2.34. The van der Waals surface area contributed by atoms with E-state index in [9.17, 15) is 9.13 Å². The van der Waals surface area contributed by atoms with Crippen LogP contribution >= 0.6 is 15.2 Å². The number of hydrogen-bond acceptors (Lipinski definition) is 2. The van der Waals surface area contributed by atoms with Gasteiger partial charge in [-0.15, -0.1) is 0 Å². The maximum Gasteiger partial charge on any atom is 0.331 e. The predicted molar refractivity (Wildman–Crippen MR) is 163 cm³/mol. The molecule has 0 radical (unpaired) electrons. The lowest BCUT2D eigenvalue weighted by Crippen LogP contribution is -3.00. The highest BCUT2D eigenvalue weighted by atomic mass is 35.5. The van der Waals surface area contributed by atoms with Gasteiger partial charge in [0.25, 0.3) is 0 Å². The summed E-state index contributed by atoms with van der Waals surface area (Å²) >= 11 is 0. The number of nitrogens with zero attached hydrogens (tertiary/aromatic N) is 4. The first-order valence-corrected chi connectivity index (χ1v) is 17.7. The van der Waals surface area contributed by atoms with Crippen LogP contribution in [0, 0.1) is 0 Å². The van der Waals surface area contributed by atoms with Crippen molar-refractivity contribution < 1.29 is 96.6 Å². The van der Waals surface area contributed by atoms with Crippen molar-refractivity contribution in [2.75, 3.05) is 12.3 Å². The molecule has 0 fully saturated rings. The van der Waals surface area contributed by atoms with Gasteiger partial charge in [-0.1, -0.05) is 24.3 Å². The van der Waals surface area contributed by atoms with Crippen LogP contribution in [0.2, 0.25) is 0 Å². The molecule has 5 aromatic rings. The van der Waals surface area contributed by atoms with Gasteiger partial charge < -0.3 is 69.2 Å². The summed E-state index contributed by atoms with van der Waals surface area (Å²) in [5.41, 5.74) is 6.60. The minimum Gasteiger partial charge on any atom is -1.00 e. The van der Waals surface area contributed by atoms with Crippen LogP contribution in [0.1, 0.15) is 11.1 Å². The third-order valence-corrected chi connectivity index (χ3v) is 8.92. The fourth-order valence-electron chi connectivity index (χ4n) is 4.86. The topological polar surface area (TPSA) is 131 Å². The second-order valence-corrected chi connectivity index (χ2v) is 14.3. The largest absolute Gasteiger partial charge is 1.00 e. The van der Waals surface area contributed by atoms with Crippen molar-refractivity contribution in [2.45, 2.75) is 26.2 Å². The molecule has 5 rings (SSSR count). The van der Waals surface area contributed by atoms with Gasteiger partial charge in [0.05, 0.1) is 0 Å². The molecule has 16 heteroatoms. The van der Waals surface area contributed by atoms with Gasteiger partial charge in [-0.2, -0.15) is 0 Å². The van der Waals surface area contributed by atoms with Crippen LogP contribution in [0.15, 0.2) is 122 Å². The van der Waals surface area contributed by atoms with Gasteiger partial charge in [0, 0.05) is 59.7 Å². The Labute approximate surface area is 304 Å². The summed E-state index contributed by atoms with van der Waals surface area (Å²) in [5.74, 6) is 0. The molecule has 0 unspecified atom stereocenters. The number of benzene rings is 1. The van der Waals surface area contributed by atoms with Crippen LogP contribution < -0.4 is 67.9 Å². The molecule has 0 aliphatic rings. The molecule has 0 spiro atoms. The summed E-state index contributed by atoms with van der Waals surface area (Å²) in [6.07, 6.45) is 15.2. The summed E-state index contributed by atoms with van der Waals surface area (Å²) in [7, 11) is -8.05. The zero-order valence-electron chi connectivity index (χ0n) is 25.6. The van der Waals surface area contributed by atoms with Crippen LogP contribution in [0.5, 0.6) is 0 Å². The summed E-state index contributed by atoms with van der Waals surface area (Å²) in [4.78, 5) is 36.4. The van der Waals surface area contributed by atoms with E-state index in [0.717, 1.165) is 35.3 Å². The summed E-state index contributed by atoms with van der Waals surface area (Å²) < 4.78 is 30.1. The van der Waals surface area contributed by atoms with Crippen molar-refractivity contribution in [3.05, 3.63) is 133 Å². The smallest absolute Gasteiger partial charge is 0.331 e. The number of aryl methyl sites for hydroxylation is 2. The lowest BCUT2D eigenvalue weighted by atomic mass is 10.1. The SMILES string of the molecule is O=P(O)(O)CC[n+]1ccc(-c2cc[n+](Cc3ccccc3C[n+]3ccc(-c4cc[n+](CCP(=O)(O)O)cc4)cc3)cc2)cc1.[Cl-].[Cl-].[Cl-].[Cl-]. The van der Waals surface area contributed by atoms with Crippen molar-refractivity contribution in [2.24, 2.45) is 0 Å². The van der Waals surface area contributed by atoms with E-state index < -0.39 is 15.2 Å². The quantitative estimate of drug-likeness (QED) is 0.0737. The molecule has 0 saturated carbocycles. The Bertz CT molecular complexity index is 1670. The average molecular weight is 776 g/mol. The third-order valence-electron chi connectivity index (χ3n) is 7.35. The molecule has 4 heterocycles. The van der Waals surface area contributed by atoms with Gasteiger partial charge in [-0.25, -0.2) is 18.3 Å². The van der Waals surface area contributed by atoms with Crippen molar-refractivity contribution >= 4 is 15.2 Å². The Balaban J connectivity index is 0.00000288. The van der Waals surface area contributed by atoms with Gasteiger partial charge in [0.15, 0.2) is 75.8 Å². The molecule has 0 amide bonds. The van der Waals surface area contributed by atoms with Crippen molar-refractivity contribution in [1.82, 2.24) is 0 Å². The van der Waals surface area contributed by atoms with E-state index in [1.54, 1.807) is 9.13 Å². The van der Waals surface area contributed by atoms with Gasteiger partial charge in [-0.05, 0) is 22.3 Å². The number of halogens is 4. The summed E-state index contributed by atoms with van der Waals surface area (Å²) in [5, 5.41) is 0. The van der Waals surface area contributed by atoms with Crippen LogP contribution in [0.3, 0.4) is 0 Å². The maximum absolute atomic E-state index is 11.1. The number of aromatic nitrogens is 4. The third kappa shape index (κ3) is 13.3. The van der Waals surface area contributed by atoms with E-state index >= 15 is 0 Å². The fourth-order valence-corrected chi connectivity index (χ4v) is 5.84. The zero-order valence-corrected chi connectivity index (χ0v) is 30.4. The van der Waals surface area contributed by atoms with Gasteiger partial charge >= 0.3 is 15.2 Å². The Kier molecular flexibility index (Phi) is 17.6. The number of rotatable bonds is 12. The monoisotopic (exact) mass is 774 g/mol. The molecule has 0 atom stereocenters. The Hall–Kier alpha value is -2.72. The minimum absolute atomic E-state index is 0. The standard InChI is InChI=1S/C32H32N4O6P2.4ClH/c37-43(38,39)23-21-33-13-5-27(6-14-33)29-9-17-35(18-10-29)25-31-3-1-2-4-32(31)26-36-19-11-30(12-20-36)28-7-15-34(16-8-28)22-24-44(40,41)42;;;;/h1-20H,21-26H2;4*1H. The van der Waals surface area contributed by atoms with E-state index in [4.69, 9.17) is 19.6 Å². The molecule has 4 N–H and O–H groups in total. The van der Waals surface area contributed by atoms with Gasteiger partial charge in [-0.3, -0.25) is 9.13 Å². The fraction of sp³-hybridized carbons (Fsp3) is 0.188. The zero-order chi connectivity index (χ0) is 31.2. The molecule has 10 nitrogen and oxygen atoms in total. The first-order chi connectivity index (χ1) is 21.0. The number of pyridine rings is 4. The molecule has 0 aliphatic heterocycles. The van der Waals surface area contributed by atoms with E-state index in [1.807, 2.05) is 49.1 Å².